The Balaban J connectivity index is 1.97. The first-order valence-electron chi connectivity index (χ1n) is 8.31. The molecule has 0 unspecified atom stereocenters. The minimum absolute atomic E-state index is 0.131. The molecule has 2 aromatic heterocycles. The van der Waals surface area contributed by atoms with E-state index in [1.165, 1.54) is 6.20 Å². The van der Waals surface area contributed by atoms with Crippen molar-refractivity contribution in [2.45, 2.75) is 26.1 Å². The standard InChI is InChI=1S/C19H18F3N5/c1-12(2)24-16-9-17(27-18(26-16)13-6-4-3-5-7-13)25-15-8-14(10-23-11-15)19(20,21)22/h3-12H,1-2H3,(H2,24,25,26,27). The van der Waals surface area contributed by atoms with E-state index in [4.69, 9.17) is 0 Å². The zero-order valence-corrected chi connectivity index (χ0v) is 14.7. The highest BCUT2D eigenvalue weighted by molar-refractivity contribution is 5.65. The molecule has 0 fully saturated rings. The summed E-state index contributed by atoms with van der Waals surface area (Å²) in [5.41, 5.74) is 0.165. The molecule has 0 atom stereocenters. The quantitative estimate of drug-likeness (QED) is 0.650. The van der Waals surface area contributed by atoms with Gasteiger partial charge in [-0.15, -0.1) is 0 Å². The molecule has 0 radical (unpaired) electrons. The summed E-state index contributed by atoms with van der Waals surface area (Å²) in [6, 6.07) is 12.1. The number of halogens is 3. The van der Waals surface area contributed by atoms with Gasteiger partial charge in [0.15, 0.2) is 5.82 Å². The first-order valence-corrected chi connectivity index (χ1v) is 8.31. The fourth-order valence-corrected chi connectivity index (χ4v) is 2.41. The number of benzene rings is 1. The van der Waals surface area contributed by atoms with E-state index in [1.807, 2.05) is 44.2 Å². The number of pyridine rings is 1. The Morgan fingerprint density at radius 3 is 2.30 bits per heavy atom. The maximum absolute atomic E-state index is 12.9. The summed E-state index contributed by atoms with van der Waals surface area (Å²) in [7, 11) is 0. The average molecular weight is 373 g/mol. The number of hydrogen-bond acceptors (Lipinski definition) is 5. The zero-order chi connectivity index (χ0) is 19.4. The lowest BCUT2D eigenvalue weighted by Gasteiger charge is -2.14. The fraction of sp³-hybridized carbons (Fsp3) is 0.211. The molecule has 0 bridgehead atoms. The zero-order valence-electron chi connectivity index (χ0n) is 14.7. The lowest BCUT2D eigenvalue weighted by Crippen LogP contribution is -2.12. The molecule has 3 rings (SSSR count). The Kier molecular flexibility index (Phi) is 5.25. The maximum atomic E-state index is 12.9. The maximum Gasteiger partial charge on any atom is 0.417 e. The fourth-order valence-electron chi connectivity index (χ4n) is 2.41. The van der Waals surface area contributed by atoms with Crippen LogP contribution in [0.5, 0.6) is 0 Å². The first kappa shape index (κ1) is 18.6. The van der Waals surface area contributed by atoms with E-state index in [0.29, 0.717) is 17.5 Å². The summed E-state index contributed by atoms with van der Waals surface area (Å²) in [5.74, 6) is 1.40. The number of anilines is 3. The van der Waals surface area contributed by atoms with E-state index >= 15 is 0 Å². The molecule has 27 heavy (non-hydrogen) atoms. The third-order valence-corrected chi connectivity index (χ3v) is 3.53. The van der Waals surface area contributed by atoms with Crippen molar-refractivity contribution < 1.29 is 13.2 Å². The van der Waals surface area contributed by atoms with Crippen LogP contribution in [-0.2, 0) is 6.18 Å². The van der Waals surface area contributed by atoms with Crippen molar-refractivity contribution in [3.8, 4) is 11.4 Å². The second-order valence-electron chi connectivity index (χ2n) is 6.21. The topological polar surface area (TPSA) is 62.7 Å². The van der Waals surface area contributed by atoms with E-state index in [1.54, 1.807) is 6.07 Å². The number of aromatic nitrogens is 3. The number of nitrogens with zero attached hydrogens (tertiary/aromatic N) is 3. The molecule has 3 aromatic rings. The number of hydrogen-bond donors (Lipinski definition) is 2. The molecule has 0 aliphatic carbocycles. The lowest BCUT2D eigenvalue weighted by atomic mass is 10.2. The highest BCUT2D eigenvalue weighted by Gasteiger charge is 2.31. The lowest BCUT2D eigenvalue weighted by molar-refractivity contribution is -0.137. The van der Waals surface area contributed by atoms with E-state index < -0.39 is 11.7 Å². The largest absolute Gasteiger partial charge is 0.417 e. The van der Waals surface area contributed by atoms with Gasteiger partial charge in [-0.3, -0.25) is 4.98 Å². The van der Waals surface area contributed by atoms with Gasteiger partial charge in [0.1, 0.15) is 11.6 Å². The molecule has 140 valence electrons. The van der Waals surface area contributed by atoms with Crippen LogP contribution in [0.4, 0.5) is 30.5 Å². The smallest absolute Gasteiger partial charge is 0.368 e. The predicted molar refractivity (Wildman–Crippen MR) is 98.7 cm³/mol. The van der Waals surface area contributed by atoms with E-state index in [2.05, 4.69) is 25.6 Å². The SMILES string of the molecule is CC(C)Nc1cc(Nc2cncc(C(F)(F)F)c2)nc(-c2ccccc2)n1. The molecule has 2 heterocycles. The Morgan fingerprint density at radius 2 is 1.63 bits per heavy atom. The van der Waals surface area contributed by atoms with Crippen molar-refractivity contribution >= 4 is 17.3 Å². The Bertz CT molecular complexity index is 911. The van der Waals surface area contributed by atoms with Gasteiger partial charge >= 0.3 is 6.18 Å². The second kappa shape index (κ2) is 7.61. The summed E-state index contributed by atoms with van der Waals surface area (Å²) in [5, 5.41) is 6.08. The second-order valence-corrected chi connectivity index (χ2v) is 6.21. The number of nitrogens with one attached hydrogen (secondary N) is 2. The highest BCUT2D eigenvalue weighted by atomic mass is 19.4. The molecule has 0 amide bonds. The van der Waals surface area contributed by atoms with Gasteiger partial charge in [-0.05, 0) is 19.9 Å². The minimum atomic E-state index is -4.46. The van der Waals surface area contributed by atoms with Crippen LogP contribution in [0.1, 0.15) is 19.4 Å². The first-order chi connectivity index (χ1) is 12.8. The number of alkyl halides is 3. The molecule has 0 saturated carbocycles. The van der Waals surface area contributed by atoms with Crippen molar-refractivity contribution in [2.24, 2.45) is 0 Å². The van der Waals surface area contributed by atoms with Gasteiger partial charge in [0.2, 0.25) is 0 Å². The van der Waals surface area contributed by atoms with Gasteiger partial charge in [0, 0.05) is 23.9 Å². The van der Waals surface area contributed by atoms with Gasteiger partial charge in [0.05, 0.1) is 17.4 Å². The van der Waals surface area contributed by atoms with Crippen LogP contribution >= 0.6 is 0 Å². The Hall–Kier alpha value is -3.16. The summed E-state index contributed by atoms with van der Waals surface area (Å²) >= 11 is 0. The van der Waals surface area contributed by atoms with E-state index in [-0.39, 0.29) is 11.7 Å². The van der Waals surface area contributed by atoms with Crippen LogP contribution in [0, 0.1) is 0 Å². The molecule has 0 aliphatic heterocycles. The van der Waals surface area contributed by atoms with Crippen molar-refractivity contribution in [1.82, 2.24) is 15.0 Å². The van der Waals surface area contributed by atoms with Crippen molar-refractivity contribution in [1.29, 1.82) is 0 Å². The molecule has 5 nitrogen and oxygen atoms in total. The summed E-state index contributed by atoms with van der Waals surface area (Å²) < 4.78 is 38.7. The summed E-state index contributed by atoms with van der Waals surface area (Å²) in [4.78, 5) is 12.6. The van der Waals surface area contributed by atoms with Crippen LogP contribution in [0.2, 0.25) is 0 Å². The summed E-state index contributed by atoms with van der Waals surface area (Å²) in [6.45, 7) is 3.93. The minimum Gasteiger partial charge on any atom is -0.368 e. The monoisotopic (exact) mass is 373 g/mol. The molecular weight excluding hydrogens is 355 g/mol. The highest BCUT2D eigenvalue weighted by Crippen LogP contribution is 2.31. The molecule has 0 saturated heterocycles. The van der Waals surface area contributed by atoms with Crippen LogP contribution in [0.25, 0.3) is 11.4 Å². The van der Waals surface area contributed by atoms with Crippen LogP contribution < -0.4 is 10.6 Å². The van der Waals surface area contributed by atoms with Crippen molar-refractivity contribution in [3.05, 3.63) is 60.4 Å². The third-order valence-electron chi connectivity index (χ3n) is 3.53. The molecule has 1 aromatic carbocycles. The van der Waals surface area contributed by atoms with Gasteiger partial charge in [-0.2, -0.15) is 13.2 Å². The Morgan fingerprint density at radius 1 is 0.926 bits per heavy atom. The van der Waals surface area contributed by atoms with E-state index in [0.717, 1.165) is 17.8 Å². The summed E-state index contributed by atoms with van der Waals surface area (Å²) in [6.07, 6.45) is -2.36. The van der Waals surface area contributed by atoms with Crippen molar-refractivity contribution in [3.63, 3.8) is 0 Å². The Labute approximate surface area is 154 Å². The third kappa shape index (κ3) is 4.93. The van der Waals surface area contributed by atoms with Crippen LogP contribution in [0.3, 0.4) is 0 Å². The normalized spacial score (nSPS) is 11.5. The predicted octanol–water partition coefficient (Wildman–Crippen LogP) is 5.12. The van der Waals surface area contributed by atoms with E-state index in [9.17, 15) is 13.2 Å². The molecule has 2 N–H and O–H groups in total. The molecular formula is C19H18F3N5. The van der Waals surface area contributed by atoms with Gasteiger partial charge < -0.3 is 10.6 Å². The van der Waals surface area contributed by atoms with Crippen LogP contribution in [0.15, 0.2) is 54.9 Å². The van der Waals surface area contributed by atoms with Gasteiger partial charge in [-0.25, -0.2) is 9.97 Å². The average Bonchev–Trinajstić information content (AvgIpc) is 2.61. The van der Waals surface area contributed by atoms with Crippen LogP contribution in [-0.4, -0.2) is 21.0 Å². The molecule has 8 heteroatoms. The number of rotatable bonds is 5. The van der Waals surface area contributed by atoms with Gasteiger partial charge in [0.25, 0.3) is 0 Å². The molecule has 0 spiro atoms. The van der Waals surface area contributed by atoms with Gasteiger partial charge in [-0.1, -0.05) is 30.3 Å². The molecule has 0 aliphatic rings. The van der Waals surface area contributed by atoms with Crippen molar-refractivity contribution in [2.75, 3.05) is 10.6 Å².